The van der Waals surface area contributed by atoms with Gasteiger partial charge in [-0.1, -0.05) is 6.92 Å². The van der Waals surface area contributed by atoms with Crippen LogP contribution in [0.3, 0.4) is 0 Å². The molecule has 0 heterocycles. The van der Waals surface area contributed by atoms with Crippen LogP contribution >= 0.6 is 7.82 Å². The summed E-state index contributed by atoms with van der Waals surface area (Å²) in [6, 6.07) is -1.33. The van der Waals surface area contributed by atoms with Crippen molar-refractivity contribution in [1.82, 2.24) is 5.32 Å². The monoisotopic (exact) mass is 383 g/mol. The lowest BCUT2D eigenvalue weighted by Gasteiger charge is -2.26. The number of hydrogen-bond acceptors (Lipinski definition) is 7. The van der Waals surface area contributed by atoms with Gasteiger partial charge in [-0.3, -0.25) is 9.05 Å². The molecule has 0 aromatic rings. The molecule has 0 fully saturated rings. The van der Waals surface area contributed by atoms with Crippen LogP contribution in [0.4, 0.5) is 4.79 Å². The summed E-state index contributed by atoms with van der Waals surface area (Å²) < 4.78 is 31.4. The van der Waals surface area contributed by atoms with Gasteiger partial charge in [0, 0.05) is 0 Å². The van der Waals surface area contributed by atoms with E-state index >= 15 is 0 Å². The molecule has 2 unspecified atom stereocenters. The summed E-state index contributed by atoms with van der Waals surface area (Å²) in [7, 11) is -4.34. The first-order chi connectivity index (χ1) is 11.2. The predicted octanol–water partition coefficient (Wildman–Crippen LogP) is 2.77. The molecule has 0 aliphatic carbocycles. The molecule has 9 nitrogen and oxygen atoms in total. The molecule has 25 heavy (non-hydrogen) atoms. The Balaban J connectivity index is 4.98. The van der Waals surface area contributed by atoms with E-state index in [4.69, 9.17) is 14.0 Å². The second kappa shape index (κ2) is 9.52. The Bertz CT molecular complexity index is 495. The van der Waals surface area contributed by atoms with E-state index in [0.29, 0.717) is 6.42 Å². The van der Waals surface area contributed by atoms with Crippen LogP contribution in [-0.4, -0.2) is 47.4 Å². The standard InChI is InChI=1S/C15H30NO8P/c1-8-9-21-25(19,20)22-10-11(12(17)23-14(2,3)4)16-13(18)24-15(5,6)7/h11H,8-10H2,1-7H3,(H,16,18)(H,19,20). The zero-order chi connectivity index (χ0) is 19.9. The van der Waals surface area contributed by atoms with E-state index in [1.807, 2.05) is 0 Å². The van der Waals surface area contributed by atoms with Crippen molar-refractivity contribution >= 4 is 19.9 Å². The van der Waals surface area contributed by atoms with Crippen LogP contribution in [0.2, 0.25) is 0 Å². The average Bonchev–Trinajstić information content (AvgIpc) is 2.37. The molecule has 0 saturated heterocycles. The van der Waals surface area contributed by atoms with Crippen molar-refractivity contribution in [2.75, 3.05) is 13.2 Å². The van der Waals surface area contributed by atoms with E-state index in [0.717, 1.165) is 0 Å². The highest BCUT2D eigenvalue weighted by molar-refractivity contribution is 7.47. The second-order valence-electron chi connectivity index (χ2n) is 7.33. The summed E-state index contributed by atoms with van der Waals surface area (Å²) in [5, 5.41) is 2.28. The number of ether oxygens (including phenoxy) is 2. The van der Waals surface area contributed by atoms with Gasteiger partial charge < -0.3 is 19.7 Å². The minimum absolute atomic E-state index is 0.0182. The first-order valence-corrected chi connectivity index (χ1v) is 9.49. The maximum atomic E-state index is 12.2. The number of phosphoric ester groups is 1. The quantitative estimate of drug-likeness (QED) is 0.485. The molecule has 0 bridgehead atoms. The van der Waals surface area contributed by atoms with Gasteiger partial charge in [-0.05, 0) is 48.0 Å². The molecule has 0 radical (unpaired) electrons. The number of phosphoric acid groups is 1. The van der Waals surface area contributed by atoms with Crippen molar-refractivity contribution in [2.45, 2.75) is 72.1 Å². The SMILES string of the molecule is CCCOP(=O)(O)OCC(NC(=O)OC(C)(C)C)C(=O)OC(C)(C)C. The Kier molecular flexibility index (Phi) is 9.08. The Morgan fingerprint density at radius 2 is 1.56 bits per heavy atom. The second-order valence-corrected chi connectivity index (χ2v) is 8.78. The van der Waals surface area contributed by atoms with Crippen molar-refractivity contribution in [3.05, 3.63) is 0 Å². The zero-order valence-electron chi connectivity index (χ0n) is 16.0. The first kappa shape index (κ1) is 23.9. The zero-order valence-corrected chi connectivity index (χ0v) is 16.8. The van der Waals surface area contributed by atoms with Crippen molar-refractivity contribution < 1.29 is 37.6 Å². The van der Waals surface area contributed by atoms with Crippen LogP contribution < -0.4 is 5.32 Å². The molecule has 0 saturated carbocycles. The topological polar surface area (TPSA) is 120 Å². The van der Waals surface area contributed by atoms with Gasteiger partial charge in [-0.25, -0.2) is 14.2 Å². The maximum Gasteiger partial charge on any atom is 0.472 e. The molecule has 0 spiro atoms. The Labute approximate surface area is 149 Å². The first-order valence-electron chi connectivity index (χ1n) is 7.99. The average molecular weight is 383 g/mol. The fourth-order valence-electron chi connectivity index (χ4n) is 1.40. The van der Waals surface area contributed by atoms with Gasteiger partial charge in [0.2, 0.25) is 0 Å². The van der Waals surface area contributed by atoms with Crippen LogP contribution in [-0.2, 0) is 27.9 Å². The molecular formula is C15H30NO8P. The summed E-state index contributed by atoms with van der Waals surface area (Å²) >= 11 is 0. The number of carbonyl (C=O) groups excluding carboxylic acids is 2. The van der Waals surface area contributed by atoms with Gasteiger partial charge in [-0.2, -0.15) is 0 Å². The molecule has 10 heteroatoms. The van der Waals surface area contributed by atoms with Gasteiger partial charge >= 0.3 is 19.9 Å². The number of rotatable bonds is 8. The number of esters is 1. The van der Waals surface area contributed by atoms with Crippen molar-refractivity contribution in [3.8, 4) is 0 Å². The third-order valence-corrected chi connectivity index (χ3v) is 3.23. The number of amides is 1. The predicted molar refractivity (Wildman–Crippen MR) is 91.0 cm³/mol. The summed E-state index contributed by atoms with van der Waals surface area (Å²) in [5.41, 5.74) is -1.59. The Hall–Kier alpha value is -1.15. The highest BCUT2D eigenvalue weighted by Gasteiger charge is 2.32. The van der Waals surface area contributed by atoms with Gasteiger partial charge in [0.15, 0.2) is 6.04 Å². The number of carbonyl (C=O) groups is 2. The van der Waals surface area contributed by atoms with E-state index in [1.165, 1.54) is 0 Å². The number of nitrogens with one attached hydrogen (secondary N) is 1. The highest BCUT2D eigenvalue weighted by atomic mass is 31.2. The molecular weight excluding hydrogens is 353 g/mol. The van der Waals surface area contributed by atoms with Crippen LogP contribution in [0, 0.1) is 0 Å². The van der Waals surface area contributed by atoms with Gasteiger partial charge in [0.25, 0.3) is 0 Å². The minimum atomic E-state index is -4.34. The number of alkyl carbamates (subject to hydrolysis) is 1. The molecule has 2 atom stereocenters. The normalized spacial score (nSPS) is 15.8. The molecule has 0 aliphatic rings. The maximum absolute atomic E-state index is 12.2. The van der Waals surface area contributed by atoms with E-state index < -0.39 is 43.7 Å². The molecule has 0 rings (SSSR count). The van der Waals surface area contributed by atoms with Crippen LogP contribution in [0.25, 0.3) is 0 Å². The van der Waals surface area contributed by atoms with E-state index in [9.17, 15) is 19.0 Å². The molecule has 0 aromatic carbocycles. The van der Waals surface area contributed by atoms with E-state index in [-0.39, 0.29) is 6.61 Å². The smallest absolute Gasteiger partial charge is 0.458 e. The fourth-order valence-corrected chi connectivity index (χ4v) is 2.23. The highest BCUT2D eigenvalue weighted by Crippen LogP contribution is 2.43. The van der Waals surface area contributed by atoms with Crippen molar-refractivity contribution in [1.29, 1.82) is 0 Å². The lowest BCUT2D eigenvalue weighted by Crippen LogP contribution is -2.48. The molecule has 1 amide bonds. The van der Waals surface area contributed by atoms with Gasteiger partial charge in [-0.15, -0.1) is 0 Å². The molecule has 148 valence electrons. The fraction of sp³-hybridized carbons (Fsp3) is 0.867. The van der Waals surface area contributed by atoms with Crippen molar-refractivity contribution in [3.63, 3.8) is 0 Å². The summed E-state index contributed by atoms with van der Waals surface area (Å²) in [6.07, 6.45) is -0.367. The minimum Gasteiger partial charge on any atom is -0.458 e. The molecule has 2 N–H and O–H groups in total. The lowest BCUT2D eigenvalue weighted by atomic mass is 10.2. The molecule has 0 aliphatic heterocycles. The van der Waals surface area contributed by atoms with Gasteiger partial charge in [0.1, 0.15) is 11.2 Å². The molecule has 0 aromatic heterocycles. The largest absolute Gasteiger partial charge is 0.472 e. The summed E-state index contributed by atoms with van der Waals surface area (Å²) in [4.78, 5) is 33.6. The third kappa shape index (κ3) is 12.8. The van der Waals surface area contributed by atoms with E-state index in [1.54, 1.807) is 48.5 Å². The number of hydrogen-bond donors (Lipinski definition) is 2. The Morgan fingerprint density at radius 1 is 1.04 bits per heavy atom. The van der Waals surface area contributed by atoms with Crippen LogP contribution in [0.5, 0.6) is 0 Å². The lowest BCUT2D eigenvalue weighted by molar-refractivity contribution is -0.158. The van der Waals surface area contributed by atoms with E-state index in [2.05, 4.69) is 9.84 Å². The third-order valence-electron chi connectivity index (χ3n) is 2.25. The summed E-state index contributed by atoms with van der Waals surface area (Å²) in [5.74, 6) is -0.825. The summed E-state index contributed by atoms with van der Waals surface area (Å²) in [6.45, 7) is 11.1. The Morgan fingerprint density at radius 3 is 2.00 bits per heavy atom. The van der Waals surface area contributed by atoms with Crippen molar-refractivity contribution in [2.24, 2.45) is 0 Å². The van der Waals surface area contributed by atoms with Crippen LogP contribution in [0.15, 0.2) is 0 Å². The van der Waals surface area contributed by atoms with Gasteiger partial charge in [0.05, 0.1) is 13.2 Å². The van der Waals surface area contributed by atoms with Crippen LogP contribution in [0.1, 0.15) is 54.9 Å².